The summed E-state index contributed by atoms with van der Waals surface area (Å²) in [7, 11) is 0. The minimum Gasteiger partial charge on any atom is -0.486 e. The zero-order valence-electron chi connectivity index (χ0n) is 12.9. The van der Waals surface area contributed by atoms with Crippen molar-refractivity contribution in [3.8, 4) is 5.75 Å². The number of ether oxygens (including phenoxy) is 1. The maximum Gasteiger partial charge on any atom is 0.265 e. The molecule has 0 unspecified atom stereocenters. The van der Waals surface area contributed by atoms with Crippen molar-refractivity contribution in [2.45, 2.75) is 20.8 Å². The zero-order chi connectivity index (χ0) is 16.2. The van der Waals surface area contributed by atoms with Crippen LogP contribution in [0.15, 0.2) is 41.8 Å². The Bertz CT molecular complexity index is 640. The van der Waals surface area contributed by atoms with Crippen LogP contribution >= 0.6 is 11.3 Å². The van der Waals surface area contributed by atoms with Crippen LogP contribution in [-0.4, -0.2) is 18.3 Å². The molecule has 1 amide bonds. The van der Waals surface area contributed by atoms with Gasteiger partial charge in [-0.3, -0.25) is 9.59 Å². The number of carbonyl (C=O) groups is 2. The highest BCUT2D eigenvalue weighted by molar-refractivity contribution is 7.12. The number of benzene rings is 1. The standard InChI is InChI=1S/C17H19NO3S/c1-17(2,3)15(19)11-21-13-8-6-12(7-9-13)18-16(20)14-5-4-10-22-14/h4-10H,11H2,1-3H3,(H,18,20). The molecule has 4 nitrogen and oxygen atoms in total. The van der Waals surface area contributed by atoms with Crippen LogP contribution in [0.2, 0.25) is 0 Å². The average Bonchev–Trinajstić information content (AvgIpc) is 2.99. The fourth-order valence-electron chi connectivity index (χ4n) is 1.60. The van der Waals surface area contributed by atoms with Gasteiger partial charge in [-0.15, -0.1) is 11.3 Å². The molecule has 0 spiro atoms. The van der Waals surface area contributed by atoms with E-state index in [0.29, 0.717) is 16.3 Å². The van der Waals surface area contributed by atoms with E-state index in [2.05, 4.69) is 5.32 Å². The maximum absolute atomic E-state index is 11.9. The van der Waals surface area contributed by atoms with Crippen molar-refractivity contribution in [2.75, 3.05) is 11.9 Å². The molecule has 1 aromatic heterocycles. The van der Waals surface area contributed by atoms with E-state index in [1.165, 1.54) is 11.3 Å². The quantitative estimate of drug-likeness (QED) is 0.907. The van der Waals surface area contributed by atoms with Gasteiger partial charge in [-0.05, 0) is 35.7 Å². The predicted molar refractivity (Wildman–Crippen MR) is 88.7 cm³/mol. The van der Waals surface area contributed by atoms with Crippen LogP contribution in [0.3, 0.4) is 0 Å². The maximum atomic E-state index is 11.9. The third-order valence-corrected chi connectivity index (χ3v) is 3.93. The summed E-state index contributed by atoms with van der Waals surface area (Å²) in [6.07, 6.45) is 0. The fraction of sp³-hybridized carbons (Fsp3) is 0.294. The SMILES string of the molecule is CC(C)(C)C(=O)COc1ccc(NC(=O)c2cccs2)cc1. The van der Waals surface area contributed by atoms with E-state index < -0.39 is 5.41 Å². The first-order chi connectivity index (χ1) is 10.4. The molecule has 1 heterocycles. The van der Waals surface area contributed by atoms with E-state index in [-0.39, 0.29) is 18.3 Å². The smallest absolute Gasteiger partial charge is 0.265 e. The Morgan fingerprint density at radius 3 is 2.36 bits per heavy atom. The zero-order valence-corrected chi connectivity index (χ0v) is 13.7. The number of thiophene rings is 1. The normalized spacial score (nSPS) is 11.0. The molecule has 0 fully saturated rings. The molecule has 2 aromatic rings. The highest BCUT2D eigenvalue weighted by Crippen LogP contribution is 2.19. The lowest BCUT2D eigenvalue weighted by Gasteiger charge is -2.16. The van der Waals surface area contributed by atoms with Gasteiger partial charge in [0.15, 0.2) is 5.78 Å². The molecule has 2 rings (SSSR count). The fourth-order valence-corrected chi connectivity index (χ4v) is 2.22. The summed E-state index contributed by atoms with van der Waals surface area (Å²) < 4.78 is 5.47. The molecule has 22 heavy (non-hydrogen) atoms. The second-order valence-electron chi connectivity index (χ2n) is 5.92. The third kappa shape index (κ3) is 4.43. The van der Waals surface area contributed by atoms with Gasteiger partial charge in [0.1, 0.15) is 12.4 Å². The lowest BCUT2D eigenvalue weighted by Crippen LogP contribution is -2.26. The summed E-state index contributed by atoms with van der Waals surface area (Å²) in [5.74, 6) is 0.515. The highest BCUT2D eigenvalue weighted by Gasteiger charge is 2.21. The van der Waals surface area contributed by atoms with Crippen molar-refractivity contribution < 1.29 is 14.3 Å². The predicted octanol–water partition coefficient (Wildman–Crippen LogP) is 3.99. The van der Waals surface area contributed by atoms with Crippen LogP contribution in [0.25, 0.3) is 0 Å². The molecule has 0 aliphatic heterocycles. The molecule has 0 radical (unpaired) electrons. The lowest BCUT2D eigenvalue weighted by molar-refractivity contribution is -0.128. The van der Waals surface area contributed by atoms with E-state index in [0.717, 1.165) is 0 Å². The number of amides is 1. The number of hydrogen-bond donors (Lipinski definition) is 1. The van der Waals surface area contributed by atoms with Crippen LogP contribution in [0, 0.1) is 5.41 Å². The first-order valence-electron chi connectivity index (χ1n) is 6.97. The molecule has 1 N–H and O–H groups in total. The highest BCUT2D eigenvalue weighted by atomic mass is 32.1. The molecule has 0 saturated heterocycles. The molecule has 0 aliphatic rings. The molecule has 0 atom stereocenters. The number of carbonyl (C=O) groups excluding carboxylic acids is 2. The van der Waals surface area contributed by atoms with Crippen molar-refractivity contribution >= 4 is 28.7 Å². The second-order valence-corrected chi connectivity index (χ2v) is 6.87. The van der Waals surface area contributed by atoms with Gasteiger partial charge in [0.25, 0.3) is 5.91 Å². The average molecular weight is 317 g/mol. The van der Waals surface area contributed by atoms with Gasteiger partial charge in [0.2, 0.25) is 0 Å². The first kappa shape index (κ1) is 16.2. The summed E-state index contributed by atoms with van der Waals surface area (Å²) in [4.78, 5) is 24.4. The minimum absolute atomic E-state index is 0.0441. The van der Waals surface area contributed by atoms with Crippen LogP contribution in [0.1, 0.15) is 30.4 Å². The number of anilines is 1. The van der Waals surface area contributed by atoms with Crippen LogP contribution in [-0.2, 0) is 4.79 Å². The number of hydrogen-bond acceptors (Lipinski definition) is 4. The van der Waals surface area contributed by atoms with E-state index >= 15 is 0 Å². The Labute approximate surface area is 134 Å². The van der Waals surface area contributed by atoms with Gasteiger partial charge in [-0.1, -0.05) is 26.8 Å². The van der Waals surface area contributed by atoms with Gasteiger partial charge >= 0.3 is 0 Å². The van der Waals surface area contributed by atoms with Gasteiger partial charge in [0, 0.05) is 11.1 Å². The Hall–Kier alpha value is -2.14. The Morgan fingerprint density at radius 1 is 1.14 bits per heavy atom. The van der Waals surface area contributed by atoms with E-state index in [9.17, 15) is 9.59 Å². The summed E-state index contributed by atoms with van der Waals surface area (Å²) >= 11 is 1.39. The Morgan fingerprint density at radius 2 is 1.82 bits per heavy atom. The van der Waals surface area contributed by atoms with E-state index in [4.69, 9.17) is 4.74 Å². The number of nitrogens with one attached hydrogen (secondary N) is 1. The van der Waals surface area contributed by atoms with Crippen molar-refractivity contribution in [3.05, 3.63) is 46.7 Å². The Balaban J connectivity index is 1.90. The largest absolute Gasteiger partial charge is 0.486 e. The summed E-state index contributed by atoms with van der Waals surface area (Å²) in [6.45, 7) is 5.64. The molecule has 0 aliphatic carbocycles. The van der Waals surface area contributed by atoms with Crippen LogP contribution < -0.4 is 10.1 Å². The third-order valence-electron chi connectivity index (χ3n) is 3.06. The van der Waals surface area contributed by atoms with Gasteiger partial charge in [-0.25, -0.2) is 0 Å². The Kier molecular flexibility index (Phi) is 4.98. The van der Waals surface area contributed by atoms with Crippen molar-refractivity contribution in [1.82, 2.24) is 0 Å². The lowest BCUT2D eigenvalue weighted by atomic mass is 9.91. The number of rotatable bonds is 5. The van der Waals surface area contributed by atoms with Crippen LogP contribution in [0.5, 0.6) is 5.75 Å². The summed E-state index contributed by atoms with van der Waals surface area (Å²) in [6, 6.07) is 10.6. The van der Waals surface area contributed by atoms with Crippen molar-refractivity contribution in [3.63, 3.8) is 0 Å². The van der Waals surface area contributed by atoms with Crippen LogP contribution in [0.4, 0.5) is 5.69 Å². The first-order valence-corrected chi connectivity index (χ1v) is 7.85. The number of Topliss-reactive ketones (excluding diaryl/α,β-unsaturated/α-hetero) is 1. The van der Waals surface area contributed by atoms with Gasteiger partial charge in [0.05, 0.1) is 4.88 Å². The monoisotopic (exact) mass is 317 g/mol. The molecular formula is C17H19NO3S. The minimum atomic E-state index is -0.408. The van der Waals surface area contributed by atoms with Crippen molar-refractivity contribution in [1.29, 1.82) is 0 Å². The van der Waals surface area contributed by atoms with E-state index in [1.54, 1.807) is 30.3 Å². The summed E-state index contributed by atoms with van der Waals surface area (Å²) in [5.41, 5.74) is 0.280. The molecule has 0 bridgehead atoms. The number of ketones is 1. The molecule has 5 heteroatoms. The van der Waals surface area contributed by atoms with Gasteiger partial charge in [-0.2, -0.15) is 0 Å². The molecular weight excluding hydrogens is 298 g/mol. The topological polar surface area (TPSA) is 55.4 Å². The molecule has 0 saturated carbocycles. The summed E-state index contributed by atoms with van der Waals surface area (Å²) in [5, 5.41) is 4.67. The van der Waals surface area contributed by atoms with Crippen molar-refractivity contribution in [2.24, 2.45) is 5.41 Å². The second kappa shape index (κ2) is 6.75. The van der Waals surface area contributed by atoms with Gasteiger partial charge < -0.3 is 10.1 Å². The molecule has 1 aromatic carbocycles. The van der Waals surface area contributed by atoms with E-state index in [1.807, 2.05) is 32.2 Å². The molecule has 116 valence electrons.